The minimum Gasteiger partial charge on any atom is -0.549 e. The standard InChI is InChI=1S/5C6H5NO2.5C2H5NO2.2V/c5*8-6(9)5-2-1-3-7-4-5;5*3-1-2(4)5;;/h5*1-4H,(H,8,9);5*1,3H2,(H,4,5);;/q;;;;;;;;;;2*+5/p-10. The fourth-order valence-corrected chi connectivity index (χ4v) is 2.42. The number of aliphatic carboxylic acids is 5. The summed E-state index contributed by atoms with van der Waals surface area (Å²) < 4.78 is 0. The average molecular weight is 1080 g/mol. The van der Waals surface area contributed by atoms with Gasteiger partial charge < -0.3 is 128 Å². The Morgan fingerprint density at radius 2 is 0.403 bits per heavy atom. The van der Waals surface area contributed by atoms with Crippen LogP contribution in [0.15, 0.2) is 123 Å². The van der Waals surface area contributed by atoms with Crippen LogP contribution in [0, 0.1) is 0 Å². The number of nitrogens with two attached hydrogens (primary N) is 5. The van der Waals surface area contributed by atoms with Crippen molar-refractivity contribution in [3.05, 3.63) is 150 Å². The first-order valence-corrected chi connectivity index (χ1v) is 17.9. The Morgan fingerprint density at radius 1 is 0.292 bits per heavy atom. The number of hydrogen-bond donors (Lipinski definition) is 5. The van der Waals surface area contributed by atoms with Crippen LogP contribution in [0.1, 0.15) is 51.8 Å². The fraction of sp³-hybridized carbons (Fsp3) is 0.125. The molecule has 32 heteroatoms. The first-order chi connectivity index (χ1) is 32.9. The zero-order valence-corrected chi connectivity index (χ0v) is 39.6. The Morgan fingerprint density at radius 3 is 0.444 bits per heavy atom. The largest absolute Gasteiger partial charge is 5.00 e. The van der Waals surface area contributed by atoms with Crippen molar-refractivity contribution in [1.82, 2.24) is 24.9 Å². The van der Waals surface area contributed by atoms with Crippen LogP contribution in [0.3, 0.4) is 0 Å². The molecular formula is C40H40N10O20V2. The molecule has 0 aliphatic carbocycles. The van der Waals surface area contributed by atoms with Crippen LogP contribution in [-0.2, 0) is 61.1 Å². The number of aromatic carboxylic acids is 5. The maximum atomic E-state index is 10.0. The van der Waals surface area contributed by atoms with Crippen LogP contribution < -0.4 is 79.7 Å². The predicted molar refractivity (Wildman–Crippen MR) is 213 cm³/mol. The summed E-state index contributed by atoms with van der Waals surface area (Å²) >= 11 is 0. The molecule has 30 nitrogen and oxygen atoms in total. The number of carboxylic acids is 10. The van der Waals surface area contributed by atoms with E-state index < -0.39 is 59.7 Å². The molecule has 5 aromatic heterocycles. The second-order valence-electron chi connectivity index (χ2n) is 10.5. The van der Waals surface area contributed by atoms with Crippen molar-refractivity contribution in [2.75, 3.05) is 32.7 Å². The van der Waals surface area contributed by atoms with Gasteiger partial charge in [0.25, 0.3) is 0 Å². The van der Waals surface area contributed by atoms with Crippen molar-refractivity contribution < 1.29 is 136 Å². The molecule has 0 amide bonds. The Bertz CT molecular complexity index is 1880. The van der Waals surface area contributed by atoms with Gasteiger partial charge in [-0.1, -0.05) is 30.3 Å². The monoisotopic (exact) mass is 1080 g/mol. The number of carbonyl (C=O) groups is 10. The summed E-state index contributed by atoms with van der Waals surface area (Å²) in [7, 11) is 0. The Balaban J connectivity index is -0.000000132. The SMILES string of the molecule is NCC(=O)[O-].NCC(=O)[O-].NCC(=O)[O-].NCC(=O)[O-].NCC(=O)[O-].O=C([O-])c1cccnc1.O=C([O-])c1cccnc1.O=C([O-])c1cccnc1.O=C([O-])c1cccnc1.O=C([O-])c1cccnc1.[V+5].[V+5]. The van der Waals surface area contributed by atoms with Gasteiger partial charge in [-0.3, -0.25) is 24.9 Å². The van der Waals surface area contributed by atoms with Gasteiger partial charge in [-0.15, -0.1) is 0 Å². The number of rotatable bonds is 10. The molecule has 0 aliphatic heterocycles. The molecule has 0 saturated heterocycles. The quantitative estimate of drug-likeness (QED) is 0.0867. The summed E-state index contributed by atoms with van der Waals surface area (Å²) in [5.41, 5.74) is 23.1. The van der Waals surface area contributed by atoms with Gasteiger partial charge in [0.2, 0.25) is 0 Å². The van der Waals surface area contributed by atoms with E-state index in [0.717, 1.165) is 0 Å². The summed E-state index contributed by atoms with van der Waals surface area (Å²) in [6, 6.07) is 14.9. The van der Waals surface area contributed by atoms with Crippen molar-refractivity contribution in [3.63, 3.8) is 0 Å². The molecule has 0 fully saturated rings. The minimum atomic E-state index is -1.22. The van der Waals surface area contributed by atoms with Crippen molar-refractivity contribution >= 4 is 59.7 Å². The third-order valence-electron chi connectivity index (χ3n) is 5.32. The molecule has 0 aromatic carbocycles. The molecule has 0 spiro atoms. The van der Waals surface area contributed by atoms with Crippen LogP contribution in [0.4, 0.5) is 0 Å². The molecular weight excluding hydrogens is 1040 g/mol. The van der Waals surface area contributed by atoms with Crippen molar-refractivity contribution in [2.24, 2.45) is 28.7 Å². The van der Waals surface area contributed by atoms with Crippen LogP contribution in [-0.4, -0.2) is 117 Å². The molecule has 5 rings (SSSR count). The van der Waals surface area contributed by atoms with Gasteiger partial charge in [0.1, 0.15) is 0 Å². The Hall–Kier alpha value is -8.58. The van der Waals surface area contributed by atoms with E-state index in [1.807, 2.05) is 0 Å². The van der Waals surface area contributed by atoms with Gasteiger partial charge in [0.05, 0.1) is 59.7 Å². The second kappa shape index (κ2) is 53.4. The number of carboxylic acid groups (broad SMARTS) is 10. The molecule has 0 unspecified atom stereocenters. The average Bonchev–Trinajstić information content (AvgIpc) is 3.36. The zero-order chi connectivity index (χ0) is 54.9. The molecule has 0 radical (unpaired) electrons. The molecule has 0 saturated carbocycles. The number of hydrogen-bond acceptors (Lipinski definition) is 30. The van der Waals surface area contributed by atoms with Gasteiger partial charge in [0, 0.05) is 123 Å². The van der Waals surface area contributed by atoms with E-state index in [9.17, 15) is 49.5 Å². The number of nitrogens with zero attached hydrogens (tertiary/aromatic N) is 5. The summed E-state index contributed by atoms with van der Waals surface area (Å²) in [6.45, 7) is -1.94. The molecule has 380 valence electrons. The third kappa shape index (κ3) is 59.4. The number of pyridine rings is 5. The molecule has 72 heavy (non-hydrogen) atoms. The molecule has 5 heterocycles. The topological polar surface area (TPSA) is 596 Å². The van der Waals surface area contributed by atoms with Crippen molar-refractivity contribution in [2.45, 2.75) is 0 Å². The second-order valence-corrected chi connectivity index (χ2v) is 10.5. The maximum absolute atomic E-state index is 10.0. The van der Waals surface area contributed by atoms with Gasteiger partial charge >= 0.3 is 37.1 Å². The molecule has 5 aromatic rings. The van der Waals surface area contributed by atoms with E-state index in [1.54, 1.807) is 30.3 Å². The summed E-state index contributed by atoms with van der Waals surface area (Å²) in [6.07, 6.45) is 13.8. The maximum Gasteiger partial charge on any atom is 5.00 e. The van der Waals surface area contributed by atoms with Gasteiger partial charge in [0.15, 0.2) is 0 Å². The zero-order valence-electron chi connectivity index (χ0n) is 36.8. The van der Waals surface area contributed by atoms with Crippen LogP contribution >= 0.6 is 0 Å². The predicted octanol–water partition coefficient (Wildman–Crippen LogP) is -14.3. The van der Waals surface area contributed by atoms with Gasteiger partial charge in [-0.2, -0.15) is 0 Å². The summed E-state index contributed by atoms with van der Waals surface area (Å²) in [4.78, 5) is 114. The van der Waals surface area contributed by atoms with E-state index in [0.29, 0.717) is 0 Å². The van der Waals surface area contributed by atoms with E-state index >= 15 is 0 Å². The number of aromatic nitrogens is 5. The molecule has 10 N–H and O–H groups in total. The van der Waals surface area contributed by atoms with Crippen LogP contribution in [0.5, 0.6) is 0 Å². The first kappa shape index (κ1) is 77.6. The van der Waals surface area contributed by atoms with E-state index in [1.165, 1.54) is 92.3 Å². The third-order valence-corrected chi connectivity index (χ3v) is 5.32. The van der Waals surface area contributed by atoms with Crippen LogP contribution in [0.25, 0.3) is 0 Å². The molecule has 0 aliphatic rings. The summed E-state index contributed by atoms with van der Waals surface area (Å²) in [5, 5.41) is 95.9. The Labute approximate surface area is 431 Å². The van der Waals surface area contributed by atoms with Crippen LogP contribution in [0.2, 0.25) is 0 Å². The minimum absolute atomic E-state index is 0. The van der Waals surface area contributed by atoms with Crippen molar-refractivity contribution in [1.29, 1.82) is 0 Å². The normalized spacial score (nSPS) is 8.12. The van der Waals surface area contributed by atoms with Gasteiger partial charge in [-0.05, 0) is 30.3 Å². The molecule has 0 atom stereocenters. The number of carbonyl (C=O) groups excluding carboxylic acids is 10. The van der Waals surface area contributed by atoms with Crippen molar-refractivity contribution in [3.8, 4) is 0 Å². The van der Waals surface area contributed by atoms with E-state index in [4.69, 9.17) is 49.5 Å². The van der Waals surface area contributed by atoms with Gasteiger partial charge in [-0.25, -0.2) is 0 Å². The smallest absolute Gasteiger partial charge is 0.549 e. The van der Waals surface area contributed by atoms with E-state index in [-0.39, 0.29) is 97.7 Å². The first-order valence-electron chi connectivity index (χ1n) is 17.9. The molecule has 0 bridgehead atoms. The summed E-state index contributed by atoms with van der Waals surface area (Å²) in [5.74, 6) is -12.0. The van der Waals surface area contributed by atoms with E-state index in [2.05, 4.69) is 53.6 Å². The fourth-order valence-electron chi connectivity index (χ4n) is 2.42. The Kier molecular flexibility index (Phi) is 57.5.